The molecule has 1 aliphatic rings. The zero-order valence-electron chi connectivity index (χ0n) is 7.56. The first kappa shape index (κ1) is 9.45. The van der Waals surface area contributed by atoms with Gasteiger partial charge in [-0.3, -0.25) is 9.59 Å². The molecule has 0 aromatic carbocycles. The lowest BCUT2D eigenvalue weighted by molar-refractivity contribution is -0.152. The lowest BCUT2D eigenvalue weighted by atomic mass is 10.2. The number of esters is 2. The largest absolute Gasteiger partial charge is 0.459 e. The maximum absolute atomic E-state index is 11.4. The molecule has 0 radical (unpaired) electrons. The molecule has 0 aliphatic carbocycles. The van der Waals surface area contributed by atoms with Gasteiger partial charge in [-0.25, -0.2) is 4.79 Å². The summed E-state index contributed by atoms with van der Waals surface area (Å²) < 4.78 is 9.09. The topological polar surface area (TPSA) is 85.6 Å². The van der Waals surface area contributed by atoms with Crippen LogP contribution in [-0.2, 0) is 14.3 Å². The maximum Gasteiger partial charge on any atom is 0.336 e. The van der Waals surface area contributed by atoms with Gasteiger partial charge >= 0.3 is 11.9 Å². The van der Waals surface area contributed by atoms with Gasteiger partial charge in [-0.1, -0.05) is 0 Å². The van der Waals surface area contributed by atoms with Crippen molar-refractivity contribution < 1.29 is 23.5 Å². The SMILES string of the molecule is O=C1CC(NC(=O)c2ccco2)C(=O)O1. The number of carbonyl (C=O) groups excluding carboxylic acids is 3. The van der Waals surface area contributed by atoms with E-state index in [4.69, 9.17) is 4.42 Å². The molecule has 0 bridgehead atoms. The molecule has 1 unspecified atom stereocenters. The molecular weight excluding hydrogens is 202 g/mol. The van der Waals surface area contributed by atoms with Gasteiger partial charge in [0.05, 0.1) is 12.7 Å². The van der Waals surface area contributed by atoms with Crippen molar-refractivity contribution in [3.8, 4) is 0 Å². The summed E-state index contributed by atoms with van der Waals surface area (Å²) in [5.74, 6) is -1.83. The third-order valence-corrected chi connectivity index (χ3v) is 1.92. The van der Waals surface area contributed by atoms with E-state index in [2.05, 4.69) is 10.1 Å². The lowest BCUT2D eigenvalue weighted by Crippen LogP contribution is -2.37. The highest BCUT2D eigenvalue weighted by atomic mass is 16.6. The Morgan fingerprint density at radius 3 is 2.80 bits per heavy atom. The number of ether oxygens (including phenoxy) is 1. The molecule has 6 nitrogen and oxygen atoms in total. The number of amides is 1. The molecule has 0 spiro atoms. The Bertz CT molecular complexity index is 408. The van der Waals surface area contributed by atoms with Crippen LogP contribution in [0.2, 0.25) is 0 Å². The van der Waals surface area contributed by atoms with E-state index in [9.17, 15) is 14.4 Å². The second-order valence-electron chi connectivity index (χ2n) is 3.00. The number of nitrogens with one attached hydrogen (secondary N) is 1. The van der Waals surface area contributed by atoms with Gasteiger partial charge in [0.1, 0.15) is 6.04 Å². The summed E-state index contributed by atoms with van der Waals surface area (Å²) in [5, 5.41) is 2.33. The fourth-order valence-electron chi connectivity index (χ4n) is 1.22. The molecule has 2 rings (SSSR count). The Labute approximate surface area is 84.2 Å². The molecule has 78 valence electrons. The first-order chi connectivity index (χ1) is 7.16. The minimum absolute atomic E-state index is 0.0853. The highest BCUT2D eigenvalue weighted by Gasteiger charge is 2.35. The van der Waals surface area contributed by atoms with Crippen molar-refractivity contribution in [1.29, 1.82) is 0 Å². The number of cyclic esters (lactones) is 2. The molecule has 1 fully saturated rings. The molecule has 1 atom stereocenters. The quantitative estimate of drug-likeness (QED) is 0.540. The van der Waals surface area contributed by atoms with Gasteiger partial charge in [0.2, 0.25) is 0 Å². The van der Waals surface area contributed by atoms with Gasteiger partial charge in [-0.15, -0.1) is 0 Å². The molecule has 1 aromatic heterocycles. The van der Waals surface area contributed by atoms with E-state index >= 15 is 0 Å². The molecule has 15 heavy (non-hydrogen) atoms. The molecule has 1 aliphatic heterocycles. The third-order valence-electron chi connectivity index (χ3n) is 1.92. The summed E-state index contributed by atoms with van der Waals surface area (Å²) in [6.07, 6.45) is 1.21. The fraction of sp³-hybridized carbons (Fsp3) is 0.222. The Balaban J connectivity index is 2.01. The molecule has 1 saturated heterocycles. The molecule has 2 heterocycles. The van der Waals surface area contributed by atoms with Crippen molar-refractivity contribution >= 4 is 17.8 Å². The van der Waals surface area contributed by atoms with E-state index in [1.807, 2.05) is 0 Å². The van der Waals surface area contributed by atoms with Gasteiger partial charge in [0.15, 0.2) is 5.76 Å². The predicted octanol–water partition coefficient (Wildman–Crippen LogP) is -0.149. The van der Waals surface area contributed by atoms with Crippen LogP contribution in [-0.4, -0.2) is 23.9 Å². The van der Waals surface area contributed by atoms with E-state index in [1.165, 1.54) is 12.3 Å². The minimum atomic E-state index is -0.907. The number of furan rings is 1. The van der Waals surface area contributed by atoms with E-state index in [-0.39, 0.29) is 12.2 Å². The molecule has 1 amide bonds. The third kappa shape index (κ3) is 1.88. The summed E-state index contributed by atoms with van der Waals surface area (Å²) in [5.41, 5.74) is 0. The van der Waals surface area contributed by atoms with Crippen LogP contribution in [0.1, 0.15) is 17.0 Å². The van der Waals surface area contributed by atoms with Crippen LogP contribution in [0.5, 0.6) is 0 Å². The summed E-state index contributed by atoms with van der Waals surface area (Å²) in [7, 11) is 0. The molecule has 6 heteroatoms. The van der Waals surface area contributed by atoms with Crippen LogP contribution < -0.4 is 5.32 Å². The number of hydrogen-bond acceptors (Lipinski definition) is 5. The highest BCUT2D eigenvalue weighted by Crippen LogP contribution is 2.09. The predicted molar refractivity (Wildman–Crippen MR) is 45.7 cm³/mol. The van der Waals surface area contributed by atoms with Crippen molar-refractivity contribution in [3.63, 3.8) is 0 Å². The normalized spacial score (nSPS) is 20.1. The Morgan fingerprint density at radius 2 is 2.27 bits per heavy atom. The van der Waals surface area contributed by atoms with Gasteiger partial charge in [0.25, 0.3) is 5.91 Å². The minimum Gasteiger partial charge on any atom is -0.459 e. The highest BCUT2D eigenvalue weighted by molar-refractivity contribution is 6.01. The van der Waals surface area contributed by atoms with E-state index in [0.717, 1.165) is 0 Å². The van der Waals surface area contributed by atoms with Crippen LogP contribution >= 0.6 is 0 Å². The molecule has 0 saturated carbocycles. The monoisotopic (exact) mass is 209 g/mol. The van der Waals surface area contributed by atoms with Crippen molar-refractivity contribution in [2.24, 2.45) is 0 Å². The zero-order chi connectivity index (χ0) is 10.8. The van der Waals surface area contributed by atoms with Gasteiger partial charge in [-0.2, -0.15) is 0 Å². The average molecular weight is 209 g/mol. The number of carbonyl (C=O) groups is 3. The first-order valence-corrected chi connectivity index (χ1v) is 4.25. The average Bonchev–Trinajstić information content (AvgIpc) is 2.76. The number of rotatable bonds is 2. The van der Waals surface area contributed by atoms with Crippen LogP contribution in [0.15, 0.2) is 22.8 Å². The van der Waals surface area contributed by atoms with Crippen LogP contribution in [0, 0.1) is 0 Å². The molecular formula is C9H7NO5. The molecule has 1 N–H and O–H groups in total. The van der Waals surface area contributed by atoms with Gasteiger partial charge < -0.3 is 14.5 Å². The van der Waals surface area contributed by atoms with Gasteiger partial charge in [-0.05, 0) is 12.1 Å². The maximum atomic E-state index is 11.4. The Morgan fingerprint density at radius 1 is 1.47 bits per heavy atom. The van der Waals surface area contributed by atoms with Crippen LogP contribution in [0.3, 0.4) is 0 Å². The second-order valence-corrected chi connectivity index (χ2v) is 3.00. The summed E-state index contributed by atoms with van der Waals surface area (Å²) >= 11 is 0. The van der Waals surface area contributed by atoms with Crippen molar-refractivity contribution in [2.45, 2.75) is 12.5 Å². The first-order valence-electron chi connectivity index (χ1n) is 4.25. The summed E-state index contributed by atoms with van der Waals surface area (Å²) in [6, 6.07) is 2.10. The molecule has 1 aromatic rings. The fourth-order valence-corrected chi connectivity index (χ4v) is 1.22. The Kier molecular flexibility index (Phi) is 2.24. The van der Waals surface area contributed by atoms with E-state index < -0.39 is 23.9 Å². The Hall–Kier alpha value is -2.11. The van der Waals surface area contributed by atoms with Crippen molar-refractivity contribution in [3.05, 3.63) is 24.2 Å². The summed E-state index contributed by atoms with van der Waals surface area (Å²) in [4.78, 5) is 33.1. The van der Waals surface area contributed by atoms with Crippen molar-refractivity contribution in [1.82, 2.24) is 5.32 Å². The zero-order valence-corrected chi connectivity index (χ0v) is 7.56. The van der Waals surface area contributed by atoms with Crippen LogP contribution in [0.4, 0.5) is 0 Å². The van der Waals surface area contributed by atoms with Gasteiger partial charge in [0, 0.05) is 0 Å². The van der Waals surface area contributed by atoms with E-state index in [0.29, 0.717) is 0 Å². The summed E-state index contributed by atoms with van der Waals surface area (Å²) in [6.45, 7) is 0. The smallest absolute Gasteiger partial charge is 0.336 e. The lowest BCUT2D eigenvalue weighted by Gasteiger charge is -2.05. The van der Waals surface area contributed by atoms with E-state index in [1.54, 1.807) is 6.07 Å². The number of hydrogen-bond donors (Lipinski definition) is 1. The van der Waals surface area contributed by atoms with Crippen LogP contribution in [0.25, 0.3) is 0 Å². The van der Waals surface area contributed by atoms with Crippen molar-refractivity contribution in [2.75, 3.05) is 0 Å². The standard InChI is InChI=1S/C9H7NO5/c11-7-4-5(9(13)15-7)10-8(12)6-2-1-3-14-6/h1-3,5H,4H2,(H,10,12). The second kappa shape index (κ2) is 3.56.